The molecule has 1 nitrogen and oxygen atoms in total. The van der Waals surface area contributed by atoms with E-state index in [1.165, 1.54) is 0 Å². The minimum Gasteiger partial charge on any atom is -0.254 e. The third kappa shape index (κ3) is 1.37. The Morgan fingerprint density at radius 3 is 2.43 bits per heavy atom. The normalized spacial score (nSPS) is 10.9. The highest BCUT2D eigenvalue weighted by Crippen LogP contribution is 2.32. The molecule has 0 amide bonds. The quantitative estimate of drug-likeness (QED) is 0.657. The van der Waals surface area contributed by atoms with Crippen LogP contribution < -0.4 is 0 Å². The summed E-state index contributed by atoms with van der Waals surface area (Å²) in [6.07, 6.45) is 1.60. The van der Waals surface area contributed by atoms with Gasteiger partial charge in [0, 0.05) is 11.6 Å². The maximum Gasteiger partial charge on any atom is 0.0782 e. The minimum absolute atomic E-state index is 0.507. The Bertz CT molecular complexity index is 506. The molecular weight excluding hydrogens is 217 g/mol. The lowest BCUT2D eigenvalue weighted by Gasteiger charge is -2.07. The van der Waals surface area contributed by atoms with E-state index < -0.39 is 0 Å². The lowest BCUT2D eigenvalue weighted by Crippen LogP contribution is -1.88. The number of benzene rings is 1. The molecule has 14 heavy (non-hydrogen) atoms. The summed E-state index contributed by atoms with van der Waals surface area (Å²) >= 11 is 12.0. The van der Waals surface area contributed by atoms with Gasteiger partial charge in [-0.3, -0.25) is 4.98 Å². The lowest BCUT2D eigenvalue weighted by atomic mass is 10.1. The SMILES string of the molecule is Cc1ccc(C)c2c(Cl)c(Cl)cnc12. The molecule has 0 spiro atoms. The second-order valence-electron chi connectivity index (χ2n) is 3.34. The smallest absolute Gasteiger partial charge is 0.0782 e. The van der Waals surface area contributed by atoms with E-state index >= 15 is 0 Å². The summed E-state index contributed by atoms with van der Waals surface area (Å²) in [5.41, 5.74) is 3.15. The van der Waals surface area contributed by atoms with E-state index in [1.807, 2.05) is 26.0 Å². The van der Waals surface area contributed by atoms with E-state index in [2.05, 4.69) is 4.98 Å². The standard InChI is InChI=1S/C11H9Cl2N/c1-6-3-4-7(2)11-9(6)10(13)8(12)5-14-11/h3-5H,1-2H3. The second kappa shape index (κ2) is 3.41. The van der Waals surface area contributed by atoms with Crippen molar-refractivity contribution in [3.05, 3.63) is 39.5 Å². The van der Waals surface area contributed by atoms with Crippen molar-refractivity contribution in [3.63, 3.8) is 0 Å². The monoisotopic (exact) mass is 225 g/mol. The fourth-order valence-corrected chi connectivity index (χ4v) is 1.97. The summed E-state index contributed by atoms with van der Waals surface area (Å²) < 4.78 is 0. The second-order valence-corrected chi connectivity index (χ2v) is 4.13. The van der Waals surface area contributed by atoms with Gasteiger partial charge in [0.1, 0.15) is 0 Å². The van der Waals surface area contributed by atoms with Gasteiger partial charge < -0.3 is 0 Å². The van der Waals surface area contributed by atoms with Crippen LogP contribution in [-0.2, 0) is 0 Å². The molecule has 0 aliphatic heterocycles. The van der Waals surface area contributed by atoms with Gasteiger partial charge in [-0.1, -0.05) is 35.3 Å². The van der Waals surface area contributed by atoms with Gasteiger partial charge in [-0.15, -0.1) is 0 Å². The Morgan fingerprint density at radius 1 is 1.07 bits per heavy atom. The first-order valence-electron chi connectivity index (χ1n) is 4.31. The van der Waals surface area contributed by atoms with Crippen LogP contribution in [0.4, 0.5) is 0 Å². The lowest BCUT2D eigenvalue weighted by molar-refractivity contribution is 1.35. The van der Waals surface area contributed by atoms with E-state index in [0.717, 1.165) is 22.0 Å². The Morgan fingerprint density at radius 2 is 1.71 bits per heavy atom. The molecule has 72 valence electrons. The molecule has 1 heterocycles. The highest BCUT2D eigenvalue weighted by molar-refractivity contribution is 6.45. The minimum atomic E-state index is 0.507. The van der Waals surface area contributed by atoms with Gasteiger partial charge in [-0.2, -0.15) is 0 Å². The molecule has 2 rings (SSSR count). The molecule has 1 aromatic heterocycles. The molecule has 3 heteroatoms. The van der Waals surface area contributed by atoms with Crippen molar-refractivity contribution >= 4 is 34.1 Å². The van der Waals surface area contributed by atoms with Gasteiger partial charge in [-0.05, 0) is 25.0 Å². The van der Waals surface area contributed by atoms with Crippen LogP contribution in [0.1, 0.15) is 11.1 Å². The summed E-state index contributed by atoms with van der Waals surface area (Å²) in [4.78, 5) is 4.29. The van der Waals surface area contributed by atoms with Crippen LogP contribution in [0, 0.1) is 13.8 Å². The van der Waals surface area contributed by atoms with E-state index in [1.54, 1.807) is 6.20 Å². The number of aromatic nitrogens is 1. The molecule has 1 aromatic carbocycles. The number of aryl methyl sites for hydroxylation is 2. The molecule has 0 unspecified atom stereocenters. The molecule has 0 fully saturated rings. The van der Waals surface area contributed by atoms with Crippen molar-refractivity contribution in [2.75, 3.05) is 0 Å². The fraction of sp³-hybridized carbons (Fsp3) is 0.182. The van der Waals surface area contributed by atoms with Crippen LogP contribution in [0.2, 0.25) is 10.0 Å². The fourth-order valence-electron chi connectivity index (χ4n) is 1.54. The zero-order chi connectivity index (χ0) is 10.3. The Kier molecular flexibility index (Phi) is 2.38. The van der Waals surface area contributed by atoms with Gasteiger partial charge in [-0.25, -0.2) is 0 Å². The van der Waals surface area contributed by atoms with Gasteiger partial charge >= 0.3 is 0 Å². The van der Waals surface area contributed by atoms with E-state index in [0.29, 0.717) is 10.0 Å². The summed E-state index contributed by atoms with van der Waals surface area (Å²) in [5.74, 6) is 0. The molecule has 2 aromatic rings. The van der Waals surface area contributed by atoms with Crippen molar-refractivity contribution in [2.45, 2.75) is 13.8 Å². The van der Waals surface area contributed by atoms with Crippen molar-refractivity contribution in [2.24, 2.45) is 0 Å². The molecule has 0 aliphatic rings. The molecule has 0 bridgehead atoms. The van der Waals surface area contributed by atoms with Gasteiger partial charge in [0.15, 0.2) is 0 Å². The van der Waals surface area contributed by atoms with E-state index in [4.69, 9.17) is 23.2 Å². The molecule has 0 saturated heterocycles. The first-order chi connectivity index (χ1) is 6.61. The number of fused-ring (bicyclic) bond motifs is 1. The topological polar surface area (TPSA) is 12.9 Å². The zero-order valence-electron chi connectivity index (χ0n) is 7.94. The molecule has 0 aliphatic carbocycles. The van der Waals surface area contributed by atoms with Crippen molar-refractivity contribution < 1.29 is 0 Å². The predicted octanol–water partition coefficient (Wildman–Crippen LogP) is 4.16. The van der Waals surface area contributed by atoms with Gasteiger partial charge in [0.2, 0.25) is 0 Å². The molecule has 0 radical (unpaired) electrons. The summed E-state index contributed by atoms with van der Waals surface area (Å²) in [6, 6.07) is 4.07. The third-order valence-electron chi connectivity index (χ3n) is 2.32. The molecule has 0 atom stereocenters. The number of hydrogen-bond acceptors (Lipinski definition) is 1. The Labute approximate surface area is 92.7 Å². The van der Waals surface area contributed by atoms with Crippen LogP contribution in [0.5, 0.6) is 0 Å². The summed E-state index contributed by atoms with van der Waals surface area (Å²) in [6.45, 7) is 4.02. The number of hydrogen-bond donors (Lipinski definition) is 0. The Hall–Kier alpha value is -0.790. The largest absolute Gasteiger partial charge is 0.254 e. The average molecular weight is 226 g/mol. The number of nitrogens with zero attached hydrogens (tertiary/aromatic N) is 1. The van der Waals surface area contributed by atoms with Crippen molar-refractivity contribution in [1.82, 2.24) is 4.98 Å². The van der Waals surface area contributed by atoms with Crippen LogP contribution >= 0.6 is 23.2 Å². The average Bonchev–Trinajstić information content (AvgIpc) is 2.16. The maximum atomic E-state index is 6.13. The molecular formula is C11H9Cl2N. The van der Waals surface area contributed by atoms with Crippen LogP contribution in [0.25, 0.3) is 10.9 Å². The van der Waals surface area contributed by atoms with Crippen LogP contribution in [0.15, 0.2) is 18.3 Å². The number of halogens is 2. The molecule has 0 saturated carbocycles. The van der Waals surface area contributed by atoms with Gasteiger partial charge in [0.25, 0.3) is 0 Å². The third-order valence-corrected chi connectivity index (χ3v) is 3.10. The van der Waals surface area contributed by atoms with Gasteiger partial charge in [0.05, 0.1) is 15.6 Å². The summed E-state index contributed by atoms with van der Waals surface area (Å²) in [5, 5.41) is 2.06. The van der Waals surface area contributed by atoms with E-state index in [-0.39, 0.29) is 0 Å². The first kappa shape index (κ1) is 9.75. The van der Waals surface area contributed by atoms with E-state index in [9.17, 15) is 0 Å². The highest BCUT2D eigenvalue weighted by atomic mass is 35.5. The number of rotatable bonds is 0. The van der Waals surface area contributed by atoms with Crippen molar-refractivity contribution in [1.29, 1.82) is 0 Å². The predicted molar refractivity (Wildman–Crippen MR) is 61.2 cm³/mol. The zero-order valence-corrected chi connectivity index (χ0v) is 9.45. The van der Waals surface area contributed by atoms with Crippen molar-refractivity contribution in [3.8, 4) is 0 Å². The number of pyridine rings is 1. The Balaban J connectivity index is 3.01. The maximum absolute atomic E-state index is 6.13. The highest BCUT2D eigenvalue weighted by Gasteiger charge is 2.08. The van der Waals surface area contributed by atoms with Crippen LogP contribution in [-0.4, -0.2) is 4.98 Å². The molecule has 0 N–H and O–H groups in total. The van der Waals surface area contributed by atoms with Crippen LogP contribution in [0.3, 0.4) is 0 Å². The summed E-state index contributed by atoms with van der Waals surface area (Å²) in [7, 11) is 0. The first-order valence-corrected chi connectivity index (χ1v) is 5.07.